The first kappa shape index (κ1) is 13.1. The van der Waals surface area contributed by atoms with Gasteiger partial charge in [0.2, 0.25) is 0 Å². The van der Waals surface area contributed by atoms with Crippen LogP contribution in [0.3, 0.4) is 0 Å². The van der Waals surface area contributed by atoms with Crippen LogP contribution >= 0.6 is 0 Å². The third kappa shape index (κ3) is 5.24. The molecule has 0 aliphatic heterocycles. The standard InChI is InChI=1S/C13H21FN2/c1-10(16-9-13(2,3)15)8-11-4-6-12(14)7-5-11/h4-7,10,16H,8-9,15H2,1-3H3. The lowest BCUT2D eigenvalue weighted by atomic mass is 10.0. The molecule has 16 heavy (non-hydrogen) atoms. The minimum Gasteiger partial charge on any atom is -0.324 e. The number of nitrogens with two attached hydrogens (primary N) is 1. The van der Waals surface area contributed by atoms with Crippen LogP contribution in [0.15, 0.2) is 24.3 Å². The van der Waals surface area contributed by atoms with Gasteiger partial charge in [0, 0.05) is 18.1 Å². The van der Waals surface area contributed by atoms with Gasteiger partial charge in [0.15, 0.2) is 0 Å². The zero-order valence-electron chi connectivity index (χ0n) is 10.3. The van der Waals surface area contributed by atoms with Crippen LogP contribution in [0.2, 0.25) is 0 Å². The van der Waals surface area contributed by atoms with Crippen LogP contribution in [0, 0.1) is 5.82 Å². The van der Waals surface area contributed by atoms with Crippen molar-refractivity contribution in [3.05, 3.63) is 35.6 Å². The van der Waals surface area contributed by atoms with Crippen LogP contribution in [-0.2, 0) is 6.42 Å². The normalized spacial score (nSPS) is 13.8. The number of benzene rings is 1. The first-order valence-electron chi connectivity index (χ1n) is 5.63. The van der Waals surface area contributed by atoms with Crippen molar-refractivity contribution >= 4 is 0 Å². The van der Waals surface area contributed by atoms with E-state index in [1.54, 1.807) is 0 Å². The smallest absolute Gasteiger partial charge is 0.123 e. The molecule has 0 heterocycles. The minimum absolute atomic E-state index is 0.188. The van der Waals surface area contributed by atoms with E-state index < -0.39 is 0 Å². The summed E-state index contributed by atoms with van der Waals surface area (Å²) in [5, 5.41) is 3.37. The van der Waals surface area contributed by atoms with Crippen molar-refractivity contribution in [2.45, 2.75) is 38.8 Å². The molecule has 1 aromatic rings. The zero-order valence-corrected chi connectivity index (χ0v) is 10.3. The van der Waals surface area contributed by atoms with E-state index in [9.17, 15) is 4.39 Å². The molecule has 0 spiro atoms. The monoisotopic (exact) mass is 224 g/mol. The van der Waals surface area contributed by atoms with Crippen molar-refractivity contribution in [1.29, 1.82) is 0 Å². The molecule has 0 saturated heterocycles. The van der Waals surface area contributed by atoms with E-state index in [1.165, 1.54) is 12.1 Å². The van der Waals surface area contributed by atoms with E-state index in [-0.39, 0.29) is 11.4 Å². The second kappa shape index (κ2) is 5.41. The van der Waals surface area contributed by atoms with Crippen LogP contribution in [0.4, 0.5) is 4.39 Å². The molecule has 0 saturated carbocycles. The summed E-state index contributed by atoms with van der Waals surface area (Å²) in [4.78, 5) is 0. The highest BCUT2D eigenvalue weighted by Gasteiger charge is 2.12. The lowest BCUT2D eigenvalue weighted by molar-refractivity contribution is 0.427. The van der Waals surface area contributed by atoms with Gasteiger partial charge in [-0.25, -0.2) is 4.39 Å². The molecule has 0 aliphatic rings. The van der Waals surface area contributed by atoms with Gasteiger partial charge < -0.3 is 11.1 Å². The van der Waals surface area contributed by atoms with Crippen LogP contribution in [0.25, 0.3) is 0 Å². The van der Waals surface area contributed by atoms with Gasteiger partial charge in [-0.2, -0.15) is 0 Å². The van der Waals surface area contributed by atoms with Gasteiger partial charge in [-0.3, -0.25) is 0 Å². The molecule has 1 aromatic carbocycles. The fourth-order valence-corrected chi connectivity index (χ4v) is 1.48. The third-order valence-electron chi connectivity index (χ3n) is 2.36. The van der Waals surface area contributed by atoms with Crippen LogP contribution < -0.4 is 11.1 Å². The lowest BCUT2D eigenvalue weighted by Gasteiger charge is -2.22. The second-order valence-corrected chi connectivity index (χ2v) is 5.10. The molecular weight excluding hydrogens is 203 g/mol. The fourth-order valence-electron chi connectivity index (χ4n) is 1.48. The second-order valence-electron chi connectivity index (χ2n) is 5.10. The quantitative estimate of drug-likeness (QED) is 0.803. The molecular formula is C13H21FN2. The molecule has 1 unspecified atom stereocenters. The number of halogens is 1. The van der Waals surface area contributed by atoms with Crippen molar-refractivity contribution in [2.24, 2.45) is 5.73 Å². The average Bonchev–Trinajstić information content (AvgIpc) is 2.18. The molecule has 3 N–H and O–H groups in total. The molecule has 1 atom stereocenters. The zero-order chi connectivity index (χ0) is 12.2. The van der Waals surface area contributed by atoms with Crippen molar-refractivity contribution < 1.29 is 4.39 Å². The van der Waals surface area contributed by atoms with E-state index in [4.69, 9.17) is 5.73 Å². The number of rotatable bonds is 5. The van der Waals surface area contributed by atoms with Gasteiger partial charge in [0.1, 0.15) is 5.82 Å². The van der Waals surface area contributed by atoms with Crippen LogP contribution in [0.1, 0.15) is 26.3 Å². The molecule has 0 radical (unpaired) electrons. The topological polar surface area (TPSA) is 38.0 Å². The Morgan fingerprint density at radius 2 is 1.88 bits per heavy atom. The van der Waals surface area contributed by atoms with Gasteiger partial charge in [-0.05, 0) is 44.9 Å². The lowest BCUT2D eigenvalue weighted by Crippen LogP contribution is -2.46. The molecule has 0 amide bonds. The summed E-state index contributed by atoms with van der Waals surface area (Å²) < 4.78 is 12.7. The maximum absolute atomic E-state index is 12.7. The third-order valence-corrected chi connectivity index (χ3v) is 2.36. The Kier molecular flexibility index (Phi) is 4.44. The molecule has 1 rings (SSSR count). The van der Waals surface area contributed by atoms with Gasteiger partial charge in [-0.1, -0.05) is 12.1 Å². The van der Waals surface area contributed by atoms with E-state index in [2.05, 4.69) is 12.2 Å². The highest BCUT2D eigenvalue weighted by molar-refractivity contribution is 5.17. The maximum atomic E-state index is 12.7. The summed E-state index contributed by atoms with van der Waals surface area (Å²) in [5.41, 5.74) is 6.82. The number of hydrogen-bond acceptors (Lipinski definition) is 2. The Bertz CT molecular complexity index is 314. The Hall–Kier alpha value is -0.930. The van der Waals surface area contributed by atoms with Crippen molar-refractivity contribution in [2.75, 3.05) is 6.54 Å². The number of nitrogens with one attached hydrogen (secondary N) is 1. The van der Waals surface area contributed by atoms with Gasteiger partial charge in [0.05, 0.1) is 0 Å². The summed E-state index contributed by atoms with van der Waals surface area (Å²) >= 11 is 0. The SMILES string of the molecule is CC(Cc1ccc(F)cc1)NCC(C)(C)N. The van der Waals surface area contributed by atoms with Crippen molar-refractivity contribution in [1.82, 2.24) is 5.32 Å². The van der Waals surface area contributed by atoms with E-state index in [0.29, 0.717) is 6.04 Å². The summed E-state index contributed by atoms with van der Waals surface area (Å²) in [6.45, 7) is 6.86. The van der Waals surface area contributed by atoms with Crippen LogP contribution in [0.5, 0.6) is 0 Å². The van der Waals surface area contributed by atoms with Crippen molar-refractivity contribution in [3.8, 4) is 0 Å². The van der Waals surface area contributed by atoms with Gasteiger partial charge in [0.25, 0.3) is 0 Å². The molecule has 0 fully saturated rings. The Morgan fingerprint density at radius 1 is 1.31 bits per heavy atom. The molecule has 0 aliphatic carbocycles. The summed E-state index contributed by atoms with van der Waals surface area (Å²) in [6.07, 6.45) is 0.885. The molecule has 0 bridgehead atoms. The summed E-state index contributed by atoms with van der Waals surface area (Å²) in [7, 11) is 0. The highest BCUT2D eigenvalue weighted by Crippen LogP contribution is 2.06. The first-order chi connectivity index (χ1) is 7.37. The predicted octanol–water partition coefficient (Wildman–Crippen LogP) is 2.08. The summed E-state index contributed by atoms with van der Waals surface area (Å²) in [5.74, 6) is -0.188. The Morgan fingerprint density at radius 3 is 2.38 bits per heavy atom. The van der Waals surface area contributed by atoms with Crippen molar-refractivity contribution in [3.63, 3.8) is 0 Å². The summed E-state index contributed by atoms with van der Waals surface area (Å²) in [6, 6.07) is 6.97. The average molecular weight is 224 g/mol. The molecule has 90 valence electrons. The molecule has 0 aromatic heterocycles. The Balaban J connectivity index is 2.39. The van der Waals surface area contributed by atoms with E-state index in [1.807, 2.05) is 26.0 Å². The molecule has 2 nitrogen and oxygen atoms in total. The van der Waals surface area contributed by atoms with E-state index in [0.717, 1.165) is 18.5 Å². The van der Waals surface area contributed by atoms with E-state index >= 15 is 0 Å². The maximum Gasteiger partial charge on any atom is 0.123 e. The van der Waals surface area contributed by atoms with Crippen LogP contribution in [-0.4, -0.2) is 18.1 Å². The first-order valence-corrected chi connectivity index (χ1v) is 5.63. The largest absolute Gasteiger partial charge is 0.324 e. The number of hydrogen-bond donors (Lipinski definition) is 2. The Labute approximate surface area is 97.0 Å². The predicted molar refractivity (Wildman–Crippen MR) is 65.8 cm³/mol. The molecule has 3 heteroatoms. The fraction of sp³-hybridized carbons (Fsp3) is 0.538. The van der Waals surface area contributed by atoms with Gasteiger partial charge >= 0.3 is 0 Å². The van der Waals surface area contributed by atoms with Gasteiger partial charge in [-0.15, -0.1) is 0 Å². The highest BCUT2D eigenvalue weighted by atomic mass is 19.1. The minimum atomic E-state index is -0.197.